The Kier molecular flexibility index (Phi) is 3.49. The summed E-state index contributed by atoms with van der Waals surface area (Å²) in [4.78, 5) is 10.2. The molecule has 1 N–H and O–H groups in total. The molecule has 0 aromatic carbocycles. The predicted molar refractivity (Wildman–Crippen MR) is 50.2 cm³/mol. The molecule has 0 spiro atoms. The number of hydrogen-bond acceptors (Lipinski definition) is 3. The maximum atomic E-state index is 10.2. The molecule has 0 saturated carbocycles. The van der Waals surface area contributed by atoms with Crippen molar-refractivity contribution in [2.75, 3.05) is 6.61 Å². The normalized spacial score (nSPS) is 10.5. The molecule has 0 saturated heterocycles. The fraction of sp³-hybridized carbons (Fsp3) is 0.500. The Hall–Kier alpha value is -1.07. The van der Waals surface area contributed by atoms with Crippen molar-refractivity contribution >= 4 is 17.6 Å². The molecule has 0 aliphatic carbocycles. The molecule has 1 rings (SSSR count). The second-order valence-corrected chi connectivity index (χ2v) is 3.22. The Morgan fingerprint density at radius 3 is 2.79 bits per heavy atom. The fourth-order valence-electron chi connectivity index (χ4n) is 1.08. The van der Waals surface area contributed by atoms with Crippen LogP contribution in [0.15, 0.2) is 0 Å². The van der Waals surface area contributed by atoms with Crippen molar-refractivity contribution in [2.24, 2.45) is 7.05 Å². The van der Waals surface area contributed by atoms with E-state index in [2.05, 4.69) is 5.10 Å². The Bertz CT molecular complexity index is 349. The van der Waals surface area contributed by atoms with Gasteiger partial charge in [-0.25, -0.2) is 4.79 Å². The van der Waals surface area contributed by atoms with Crippen LogP contribution in [0.2, 0.25) is 5.15 Å². The van der Waals surface area contributed by atoms with Crippen LogP contribution in [0.1, 0.15) is 11.3 Å². The van der Waals surface area contributed by atoms with Gasteiger partial charge in [0.05, 0.1) is 12.3 Å². The zero-order chi connectivity index (χ0) is 10.7. The summed E-state index contributed by atoms with van der Waals surface area (Å²) in [5.74, 6) is -0.998. The van der Waals surface area contributed by atoms with Crippen molar-refractivity contribution in [3.8, 4) is 0 Å². The first-order valence-corrected chi connectivity index (χ1v) is 4.37. The number of nitrogens with zero attached hydrogens (tertiary/aromatic N) is 2. The van der Waals surface area contributed by atoms with Crippen LogP contribution in [0.25, 0.3) is 0 Å². The van der Waals surface area contributed by atoms with E-state index >= 15 is 0 Å². The van der Waals surface area contributed by atoms with Crippen LogP contribution >= 0.6 is 11.6 Å². The molecule has 0 unspecified atom stereocenters. The number of hydrogen-bond donors (Lipinski definition) is 1. The molecule has 1 aromatic rings. The Morgan fingerprint density at radius 1 is 1.71 bits per heavy atom. The van der Waals surface area contributed by atoms with Gasteiger partial charge in [0.2, 0.25) is 0 Å². The van der Waals surface area contributed by atoms with Crippen LogP contribution in [0.5, 0.6) is 0 Å². The quantitative estimate of drug-likeness (QED) is 0.819. The van der Waals surface area contributed by atoms with Gasteiger partial charge < -0.3 is 9.84 Å². The van der Waals surface area contributed by atoms with Crippen LogP contribution in [0.3, 0.4) is 0 Å². The van der Waals surface area contributed by atoms with Crippen LogP contribution in [-0.4, -0.2) is 27.5 Å². The SMILES string of the molecule is Cc1nn(C)c(Cl)c1COCC(=O)O. The summed E-state index contributed by atoms with van der Waals surface area (Å²) in [6, 6.07) is 0. The maximum Gasteiger partial charge on any atom is 0.329 e. The van der Waals surface area contributed by atoms with Gasteiger partial charge in [-0.3, -0.25) is 4.68 Å². The summed E-state index contributed by atoms with van der Waals surface area (Å²) in [6.45, 7) is 1.64. The van der Waals surface area contributed by atoms with Gasteiger partial charge in [-0.05, 0) is 6.92 Å². The molecule has 78 valence electrons. The average Bonchev–Trinajstić information content (AvgIpc) is 2.31. The summed E-state index contributed by atoms with van der Waals surface area (Å²) in [6.07, 6.45) is 0. The molecule has 0 bridgehead atoms. The topological polar surface area (TPSA) is 64.4 Å². The second-order valence-electron chi connectivity index (χ2n) is 2.86. The number of carbonyl (C=O) groups is 1. The Balaban J connectivity index is 2.62. The highest BCUT2D eigenvalue weighted by Gasteiger charge is 2.11. The molecule has 6 heteroatoms. The van der Waals surface area contributed by atoms with Crippen LogP contribution < -0.4 is 0 Å². The largest absolute Gasteiger partial charge is 0.480 e. The first-order chi connectivity index (χ1) is 6.52. The molecule has 0 radical (unpaired) electrons. The second kappa shape index (κ2) is 4.43. The summed E-state index contributed by atoms with van der Waals surface area (Å²) in [7, 11) is 1.72. The van der Waals surface area contributed by atoms with E-state index in [1.807, 2.05) is 0 Å². The van der Waals surface area contributed by atoms with Crippen LogP contribution in [-0.2, 0) is 23.2 Å². The smallest absolute Gasteiger partial charge is 0.329 e. The molecule has 1 heterocycles. The van der Waals surface area contributed by atoms with Gasteiger partial charge in [0.1, 0.15) is 11.8 Å². The maximum absolute atomic E-state index is 10.2. The van der Waals surface area contributed by atoms with Crippen molar-refractivity contribution in [1.82, 2.24) is 9.78 Å². The molecule has 0 fully saturated rings. The third-order valence-electron chi connectivity index (χ3n) is 1.74. The van der Waals surface area contributed by atoms with E-state index in [-0.39, 0.29) is 13.2 Å². The van der Waals surface area contributed by atoms with Crippen molar-refractivity contribution in [2.45, 2.75) is 13.5 Å². The summed E-state index contributed by atoms with van der Waals surface area (Å²) < 4.78 is 6.44. The van der Waals surface area contributed by atoms with Gasteiger partial charge in [0, 0.05) is 12.6 Å². The summed E-state index contributed by atoms with van der Waals surface area (Å²) in [5, 5.41) is 12.9. The van der Waals surface area contributed by atoms with Crippen molar-refractivity contribution in [1.29, 1.82) is 0 Å². The molecule has 5 nitrogen and oxygen atoms in total. The van der Waals surface area contributed by atoms with Gasteiger partial charge in [-0.1, -0.05) is 11.6 Å². The Morgan fingerprint density at radius 2 is 2.36 bits per heavy atom. The third-order valence-corrected chi connectivity index (χ3v) is 2.21. The molecule has 0 aliphatic heterocycles. The number of carboxylic acids is 1. The monoisotopic (exact) mass is 218 g/mol. The number of carboxylic acid groups (broad SMARTS) is 1. The molecule has 14 heavy (non-hydrogen) atoms. The predicted octanol–water partition coefficient (Wildman–Crippen LogP) is 0.983. The third kappa shape index (κ3) is 2.46. The minimum Gasteiger partial charge on any atom is -0.480 e. The highest BCUT2D eigenvalue weighted by atomic mass is 35.5. The minimum atomic E-state index is -0.998. The van der Waals surface area contributed by atoms with Gasteiger partial charge >= 0.3 is 5.97 Å². The minimum absolute atomic E-state index is 0.171. The van der Waals surface area contributed by atoms with E-state index in [1.165, 1.54) is 4.68 Å². The first kappa shape index (κ1) is 11.0. The Labute approximate surface area is 86.2 Å². The number of ether oxygens (including phenoxy) is 1. The van der Waals surface area contributed by atoms with E-state index < -0.39 is 5.97 Å². The lowest BCUT2D eigenvalue weighted by Crippen LogP contribution is -2.07. The first-order valence-electron chi connectivity index (χ1n) is 4.00. The van der Waals surface area contributed by atoms with E-state index in [9.17, 15) is 4.79 Å². The zero-order valence-electron chi connectivity index (χ0n) is 7.95. The number of aryl methyl sites for hydroxylation is 2. The van der Waals surface area contributed by atoms with Crippen molar-refractivity contribution < 1.29 is 14.6 Å². The number of aromatic nitrogens is 2. The lowest BCUT2D eigenvalue weighted by atomic mass is 10.3. The highest BCUT2D eigenvalue weighted by Crippen LogP contribution is 2.19. The summed E-state index contributed by atoms with van der Waals surface area (Å²) >= 11 is 5.90. The number of rotatable bonds is 4. The van der Waals surface area contributed by atoms with Crippen LogP contribution in [0, 0.1) is 6.92 Å². The molecular weight excluding hydrogens is 208 g/mol. The number of aliphatic carboxylic acids is 1. The lowest BCUT2D eigenvalue weighted by molar-refractivity contribution is -0.142. The standard InChI is InChI=1S/C8H11ClN2O3/c1-5-6(3-14-4-7(12)13)8(9)11(2)10-5/h3-4H2,1-2H3,(H,12,13). The molecule has 1 aromatic heterocycles. The van der Waals surface area contributed by atoms with Gasteiger partial charge in [0.25, 0.3) is 0 Å². The molecule has 0 amide bonds. The van der Waals surface area contributed by atoms with Gasteiger partial charge in [0.15, 0.2) is 0 Å². The highest BCUT2D eigenvalue weighted by molar-refractivity contribution is 6.30. The van der Waals surface area contributed by atoms with E-state index in [0.717, 1.165) is 11.3 Å². The molecular formula is C8H11ClN2O3. The van der Waals surface area contributed by atoms with Crippen molar-refractivity contribution in [3.63, 3.8) is 0 Å². The van der Waals surface area contributed by atoms with E-state index in [1.54, 1.807) is 14.0 Å². The zero-order valence-corrected chi connectivity index (χ0v) is 8.71. The average molecular weight is 219 g/mol. The lowest BCUT2D eigenvalue weighted by Gasteiger charge is -2.00. The summed E-state index contributed by atoms with van der Waals surface area (Å²) in [5.41, 5.74) is 1.48. The van der Waals surface area contributed by atoms with Gasteiger partial charge in [-0.2, -0.15) is 5.10 Å². The number of halogens is 1. The molecule has 0 aliphatic rings. The van der Waals surface area contributed by atoms with Gasteiger partial charge in [-0.15, -0.1) is 0 Å². The van der Waals surface area contributed by atoms with E-state index in [0.29, 0.717) is 5.15 Å². The van der Waals surface area contributed by atoms with Crippen LogP contribution in [0.4, 0.5) is 0 Å². The molecule has 0 atom stereocenters. The van der Waals surface area contributed by atoms with E-state index in [4.69, 9.17) is 21.4 Å². The fourth-order valence-corrected chi connectivity index (χ4v) is 1.31. The van der Waals surface area contributed by atoms with Crippen molar-refractivity contribution in [3.05, 3.63) is 16.4 Å².